The largest absolute Gasteiger partial charge is 0.346 e. The van der Waals surface area contributed by atoms with E-state index in [-0.39, 0.29) is 18.1 Å². The Kier molecular flexibility index (Phi) is 6.11. The van der Waals surface area contributed by atoms with E-state index in [2.05, 4.69) is 10.6 Å². The van der Waals surface area contributed by atoms with Crippen molar-refractivity contribution in [1.82, 2.24) is 5.32 Å². The minimum Gasteiger partial charge on any atom is -0.346 e. The third-order valence-corrected chi connectivity index (χ3v) is 4.16. The Morgan fingerprint density at radius 1 is 0.821 bits per heavy atom. The lowest BCUT2D eigenvalue weighted by molar-refractivity contribution is -0.124. The molecule has 0 saturated heterocycles. The molecule has 0 radical (unpaired) electrons. The lowest BCUT2D eigenvalue weighted by Crippen LogP contribution is -2.36. The van der Waals surface area contributed by atoms with Crippen LogP contribution in [-0.4, -0.2) is 18.4 Å². The standard InChI is InChI=1S/C22H18F2N2O2/c23-17-11-12-19(18(24)13-17)26-20(27)14-25-22(28)21(15-7-3-1-4-8-15)16-9-5-2-6-10-16/h1-13,21H,14H2,(H,25,28)(H,26,27). The molecule has 2 amide bonds. The van der Waals surface area contributed by atoms with Crippen LogP contribution in [0.2, 0.25) is 0 Å². The smallest absolute Gasteiger partial charge is 0.243 e. The average molecular weight is 380 g/mol. The van der Waals surface area contributed by atoms with Crippen molar-refractivity contribution in [2.75, 3.05) is 11.9 Å². The Labute approximate surface area is 161 Å². The number of rotatable bonds is 6. The fourth-order valence-corrected chi connectivity index (χ4v) is 2.84. The zero-order valence-electron chi connectivity index (χ0n) is 14.9. The van der Waals surface area contributed by atoms with Gasteiger partial charge < -0.3 is 10.6 Å². The van der Waals surface area contributed by atoms with Gasteiger partial charge in [-0.3, -0.25) is 9.59 Å². The molecule has 0 fully saturated rings. The molecule has 0 saturated carbocycles. The number of nitrogens with one attached hydrogen (secondary N) is 2. The van der Waals surface area contributed by atoms with Gasteiger partial charge in [-0.05, 0) is 23.3 Å². The minimum absolute atomic E-state index is 0.150. The van der Waals surface area contributed by atoms with E-state index in [0.717, 1.165) is 23.3 Å². The number of hydrogen-bond acceptors (Lipinski definition) is 2. The second kappa shape index (κ2) is 8.90. The summed E-state index contributed by atoms with van der Waals surface area (Å²) in [6.07, 6.45) is 0. The summed E-state index contributed by atoms with van der Waals surface area (Å²) in [5, 5.41) is 4.90. The summed E-state index contributed by atoms with van der Waals surface area (Å²) in [4.78, 5) is 24.9. The first kappa shape index (κ1) is 19.2. The van der Waals surface area contributed by atoms with Crippen molar-refractivity contribution in [1.29, 1.82) is 0 Å². The zero-order valence-corrected chi connectivity index (χ0v) is 14.9. The molecule has 0 aliphatic carbocycles. The predicted octanol–water partition coefficient (Wildman–Crippen LogP) is 3.85. The number of halogens is 2. The van der Waals surface area contributed by atoms with Gasteiger partial charge in [0, 0.05) is 6.07 Å². The summed E-state index contributed by atoms with van der Waals surface area (Å²) in [6.45, 7) is -0.341. The molecule has 0 aliphatic heterocycles. The number of carbonyl (C=O) groups excluding carboxylic acids is 2. The van der Waals surface area contributed by atoms with Crippen molar-refractivity contribution in [2.45, 2.75) is 5.92 Å². The highest BCUT2D eigenvalue weighted by atomic mass is 19.1. The molecule has 3 aromatic carbocycles. The summed E-state index contributed by atoms with van der Waals surface area (Å²) < 4.78 is 26.6. The van der Waals surface area contributed by atoms with E-state index in [1.807, 2.05) is 60.7 Å². The minimum atomic E-state index is -0.883. The van der Waals surface area contributed by atoms with Gasteiger partial charge in [-0.15, -0.1) is 0 Å². The van der Waals surface area contributed by atoms with Crippen LogP contribution in [0.5, 0.6) is 0 Å². The van der Waals surface area contributed by atoms with Gasteiger partial charge in [0.2, 0.25) is 11.8 Å². The van der Waals surface area contributed by atoms with Gasteiger partial charge in [0.15, 0.2) is 0 Å². The zero-order chi connectivity index (χ0) is 19.9. The Bertz CT molecular complexity index is 923. The number of carbonyl (C=O) groups is 2. The summed E-state index contributed by atoms with van der Waals surface area (Å²) in [5.41, 5.74) is 1.43. The maximum atomic E-state index is 13.6. The molecule has 0 aromatic heterocycles. The molecule has 28 heavy (non-hydrogen) atoms. The number of benzene rings is 3. The first-order valence-corrected chi connectivity index (χ1v) is 8.67. The van der Waals surface area contributed by atoms with Crippen LogP contribution in [0.1, 0.15) is 17.0 Å². The third-order valence-electron chi connectivity index (χ3n) is 4.16. The van der Waals surface area contributed by atoms with Gasteiger partial charge >= 0.3 is 0 Å². The van der Waals surface area contributed by atoms with Gasteiger partial charge in [-0.25, -0.2) is 8.78 Å². The van der Waals surface area contributed by atoms with E-state index in [4.69, 9.17) is 0 Å². The quantitative estimate of drug-likeness (QED) is 0.682. The van der Waals surface area contributed by atoms with Crippen LogP contribution in [0, 0.1) is 11.6 Å². The second-order valence-corrected chi connectivity index (χ2v) is 6.14. The van der Waals surface area contributed by atoms with Crippen molar-refractivity contribution >= 4 is 17.5 Å². The maximum absolute atomic E-state index is 13.6. The molecule has 0 unspecified atom stereocenters. The van der Waals surface area contributed by atoms with Gasteiger partial charge in [0.05, 0.1) is 18.2 Å². The third kappa shape index (κ3) is 4.79. The van der Waals surface area contributed by atoms with Crippen molar-refractivity contribution in [3.05, 3.63) is 102 Å². The molecule has 2 N–H and O–H groups in total. The SMILES string of the molecule is O=C(CNC(=O)C(c1ccccc1)c1ccccc1)Nc1ccc(F)cc1F. The molecule has 0 spiro atoms. The van der Waals surface area contributed by atoms with Gasteiger partial charge in [0.1, 0.15) is 11.6 Å². The van der Waals surface area contributed by atoms with Crippen molar-refractivity contribution in [2.24, 2.45) is 0 Å². The number of amides is 2. The van der Waals surface area contributed by atoms with Crippen molar-refractivity contribution in [3.63, 3.8) is 0 Å². The molecule has 4 nitrogen and oxygen atoms in total. The molecule has 3 rings (SSSR count). The second-order valence-electron chi connectivity index (χ2n) is 6.14. The average Bonchev–Trinajstić information content (AvgIpc) is 2.70. The van der Waals surface area contributed by atoms with Gasteiger partial charge in [-0.2, -0.15) is 0 Å². The first-order chi connectivity index (χ1) is 13.5. The van der Waals surface area contributed by atoms with Crippen LogP contribution in [-0.2, 0) is 9.59 Å². The normalized spacial score (nSPS) is 10.5. The summed E-state index contributed by atoms with van der Waals surface area (Å²) in [6, 6.07) is 21.2. The molecular weight excluding hydrogens is 362 g/mol. The maximum Gasteiger partial charge on any atom is 0.243 e. The van der Waals surface area contributed by atoms with Crippen molar-refractivity contribution in [3.8, 4) is 0 Å². The predicted molar refractivity (Wildman–Crippen MR) is 103 cm³/mol. The van der Waals surface area contributed by atoms with E-state index in [0.29, 0.717) is 6.07 Å². The van der Waals surface area contributed by atoms with Gasteiger partial charge in [0.25, 0.3) is 0 Å². The van der Waals surface area contributed by atoms with Crippen LogP contribution < -0.4 is 10.6 Å². The van der Waals surface area contributed by atoms with Crippen LogP contribution in [0.4, 0.5) is 14.5 Å². The molecule has 0 bridgehead atoms. The Balaban J connectivity index is 1.69. The fraction of sp³-hybridized carbons (Fsp3) is 0.0909. The Morgan fingerprint density at radius 2 is 1.39 bits per heavy atom. The molecule has 142 valence electrons. The van der Waals surface area contributed by atoms with E-state index < -0.39 is 23.5 Å². The van der Waals surface area contributed by atoms with E-state index in [1.165, 1.54) is 0 Å². The fourth-order valence-electron chi connectivity index (χ4n) is 2.84. The van der Waals surface area contributed by atoms with E-state index >= 15 is 0 Å². The van der Waals surface area contributed by atoms with Crippen LogP contribution in [0.3, 0.4) is 0 Å². The monoisotopic (exact) mass is 380 g/mol. The Morgan fingerprint density at radius 3 is 1.93 bits per heavy atom. The lowest BCUT2D eigenvalue weighted by Gasteiger charge is -2.18. The topological polar surface area (TPSA) is 58.2 Å². The van der Waals surface area contributed by atoms with Crippen LogP contribution in [0.25, 0.3) is 0 Å². The summed E-state index contributed by atoms with van der Waals surface area (Å²) in [7, 11) is 0. The van der Waals surface area contributed by atoms with Crippen molar-refractivity contribution < 1.29 is 18.4 Å². The van der Waals surface area contributed by atoms with E-state index in [1.54, 1.807) is 0 Å². The summed E-state index contributed by atoms with van der Waals surface area (Å²) in [5.74, 6) is -3.17. The highest BCUT2D eigenvalue weighted by molar-refractivity contribution is 5.96. The van der Waals surface area contributed by atoms with Crippen LogP contribution >= 0.6 is 0 Å². The summed E-state index contributed by atoms with van der Waals surface area (Å²) >= 11 is 0. The highest BCUT2D eigenvalue weighted by Crippen LogP contribution is 2.24. The highest BCUT2D eigenvalue weighted by Gasteiger charge is 2.23. The van der Waals surface area contributed by atoms with E-state index in [9.17, 15) is 18.4 Å². The molecular formula is C22H18F2N2O2. The molecule has 0 aliphatic rings. The molecule has 0 atom stereocenters. The lowest BCUT2D eigenvalue weighted by atomic mass is 9.90. The molecule has 6 heteroatoms. The number of anilines is 1. The van der Waals surface area contributed by atoms with Gasteiger partial charge in [-0.1, -0.05) is 60.7 Å². The van der Waals surface area contributed by atoms with Crippen LogP contribution in [0.15, 0.2) is 78.9 Å². The molecule has 3 aromatic rings. The molecule has 0 heterocycles. The number of hydrogen-bond donors (Lipinski definition) is 2. The Hall–Kier alpha value is -3.54. The first-order valence-electron chi connectivity index (χ1n) is 8.67.